The number of unbranched alkanes of at least 4 members (excludes halogenated alkanes) is 1. The zero-order chi connectivity index (χ0) is 27.5. The minimum absolute atomic E-state index is 0.00262. The first-order chi connectivity index (χ1) is 18.8. The molecule has 5 rings (SSSR count). The maximum atomic E-state index is 13.6. The minimum atomic E-state index is -4.48. The number of nitrogens with zero attached hydrogens (tertiary/aromatic N) is 1. The number of hydrogen-bond donors (Lipinski definition) is 2. The number of hydrogen-bond acceptors (Lipinski definition) is 4. The van der Waals surface area contributed by atoms with Gasteiger partial charge in [0.2, 0.25) is 11.8 Å². The molecule has 0 bridgehead atoms. The second kappa shape index (κ2) is 11.7. The highest BCUT2D eigenvalue weighted by atomic mass is 19.4. The number of amides is 2. The highest BCUT2D eigenvalue weighted by molar-refractivity contribution is 6.00. The molecule has 0 aromatic heterocycles. The molecule has 210 valence electrons. The van der Waals surface area contributed by atoms with Crippen LogP contribution in [0.2, 0.25) is 0 Å². The van der Waals surface area contributed by atoms with Crippen LogP contribution in [0.4, 0.5) is 13.2 Å². The zero-order valence-electron chi connectivity index (χ0n) is 22.1. The smallest absolute Gasteiger partial charge is 0.368 e. The van der Waals surface area contributed by atoms with Crippen LogP contribution in [-0.2, 0) is 19.7 Å². The van der Waals surface area contributed by atoms with Crippen LogP contribution in [0.15, 0.2) is 48.5 Å². The Balaban J connectivity index is 1.21. The van der Waals surface area contributed by atoms with Crippen LogP contribution in [0.5, 0.6) is 0 Å². The Morgan fingerprint density at radius 2 is 1.59 bits per heavy atom. The summed E-state index contributed by atoms with van der Waals surface area (Å²) in [5.74, 6) is -0.600. The molecule has 1 unspecified atom stereocenters. The van der Waals surface area contributed by atoms with Crippen LogP contribution in [0, 0.1) is 0 Å². The molecule has 1 atom stereocenters. The van der Waals surface area contributed by atoms with E-state index >= 15 is 0 Å². The second-order valence-corrected chi connectivity index (χ2v) is 10.9. The maximum absolute atomic E-state index is 13.6. The van der Waals surface area contributed by atoms with E-state index in [9.17, 15) is 22.8 Å². The molecule has 2 aromatic carbocycles. The van der Waals surface area contributed by atoms with Crippen molar-refractivity contribution in [3.63, 3.8) is 0 Å². The van der Waals surface area contributed by atoms with Gasteiger partial charge in [-0.25, -0.2) is 0 Å². The number of likely N-dealkylation sites (tertiary alicyclic amines) is 1. The topological polar surface area (TPSA) is 70.7 Å². The van der Waals surface area contributed by atoms with E-state index in [1.807, 2.05) is 48.5 Å². The fourth-order valence-corrected chi connectivity index (χ4v) is 6.39. The van der Waals surface area contributed by atoms with E-state index in [0.717, 1.165) is 74.0 Å². The summed E-state index contributed by atoms with van der Waals surface area (Å²) in [7, 11) is 0. The van der Waals surface area contributed by atoms with Gasteiger partial charge in [-0.3, -0.25) is 9.59 Å². The summed E-state index contributed by atoms with van der Waals surface area (Å²) in [5, 5.41) is 5.33. The number of halogens is 3. The molecule has 2 saturated heterocycles. The van der Waals surface area contributed by atoms with Crippen molar-refractivity contribution in [3.8, 4) is 11.1 Å². The SMILES string of the molecule is O=C(NC1CCN(CCCCC2(C(=O)NCC(F)(F)F)c3ccccc3-c3ccccc32)CC1)C1CCCO1. The minimum Gasteiger partial charge on any atom is -0.368 e. The largest absolute Gasteiger partial charge is 0.405 e. The third-order valence-corrected chi connectivity index (χ3v) is 8.33. The van der Waals surface area contributed by atoms with Gasteiger partial charge in [0, 0.05) is 25.7 Å². The number of nitrogens with one attached hydrogen (secondary N) is 2. The van der Waals surface area contributed by atoms with E-state index in [2.05, 4.69) is 15.5 Å². The van der Waals surface area contributed by atoms with Crippen molar-refractivity contribution >= 4 is 11.8 Å². The fraction of sp³-hybridized carbons (Fsp3) is 0.533. The third kappa shape index (κ3) is 5.99. The molecule has 2 fully saturated rings. The van der Waals surface area contributed by atoms with Crippen LogP contribution in [0.3, 0.4) is 0 Å². The van der Waals surface area contributed by atoms with Crippen LogP contribution < -0.4 is 10.6 Å². The highest BCUT2D eigenvalue weighted by Gasteiger charge is 2.49. The van der Waals surface area contributed by atoms with Crippen LogP contribution in [-0.4, -0.2) is 67.8 Å². The van der Waals surface area contributed by atoms with Crippen molar-refractivity contribution in [2.45, 2.75) is 68.7 Å². The number of benzene rings is 2. The Labute approximate surface area is 227 Å². The van der Waals surface area contributed by atoms with Crippen molar-refractivity contribution in [1.82, 2.24) is 15.5 Å². The predicted molar refractivity (Wildman–Crippen MR) is 142 cm³/mol. The van der Waals surface area contributed by atoms with Gasteiger partial charge < -0.3 is 20.3 Å². The first-order valence-corrected chi connectivity index (χ1v) is 14.0. The van der Waals surface area contributed by atoms with Gasteiger partial charge >= 0.3 is 6.18 Å². The average Bonchev–Trinajstić information content (AvgIpc) is 3.57. The molecule has 9 heteroatoms. The summed E-state index contributed by atoms with van der Waals surface area (Å²) in [4.78, 5) is 28.3. The van der Waals surface area contributed by atoms with Crippen molar-refractivity contribution in [3.05, 3.63) is 59.7 Å². The van der Waals surface area contributed by atoms with Crippen molar-refractivity contribution in [2.75, 3.05) is 32.8 Å². The molecule has 6 nitrogen and oxygen atoms in total. The van der Waals surface area contributed by atoms with Gasteiger partial charge in [0.15, 0.2) is 0 Å². The number of carbonyl (C=O) groups is 2. The maximum Gasteiger partial charge on any atom is 0.405 e. The van der Waals surface area contributed by atoms with Crippen molar-refractivity contribution in [2.24, 2.45) is 0 Å². The number of carbonyl (C=O) groups excluding carboxylic acids is 2. The molecule has 0 saturated carbocycles. The molecule has 1 aliphatic carbocycles. The van der Waals surface area contributed by atoms with E-state index in [1.54, 1.807) is 0 Å². The lowest BCUT2D eigenvalue weighted by atomic mass is 9.73. The van der Waals surface area contributed by atoms with E-state index in [-0.39, 0.29) is 18.1 Å². The van der Waals surface area contributed by atoms with E-state index in [0.29, 0.717) is 19.4 Å². The molecule has 2 N–H and O–H groups in total. The molecule has 3 aliphatic rings. The third-order valence-electron chi connectivity index (χ3n) is 8.33. The number of fused-ring (bicyclic) bond motifs is 3. The van der Waals surface area contributed by atoms with E-state index in [1.165, 1.54) is 0 Å². The summed E-state index contributed by atoms with van der Waals surface area (Å²) in [5.41, 5.74) is 2.20. The monoisotopic (exact) mass is 543 g/mol. The summed E-state index contributed by atoms with van der Waals surface area (Å²) in [6.45, 7) is 1.89. The van der Waals surface area contributed by atoms with Crippen LogP contribution >= 0.6 is 0 Å². The molecule has 39 heavy (non-hydrogen) atoms. The van der Waals surface area contributed by atoms with Gasteiger partial charge in [-0.1, -0.05) is 55.0 Å². The van der Waals surface area contributed by atoms with Gasteiger partial charge in [-0.15, -0.1) is 0 Å². The summed E-state index contributed by atoms with van der Waals surface area (Å²) in [6.07, 6.45) is 0.626. The Bertz CT molecular complexity index is 1130. The zero-order valence-corrected chi connectivity index (χ0v) is 22.1. The Morgan fingerprint density at radius 3 is 2.18 bits per heavy atom. The van der Waals surface area contributed by atoms with Crippen molar-refractivity contribution < 1.29 is 27.5 Å². The van der Waals surface area contributed by atoms with Gasteiger partial charge in [0.25, 0.3) is 0 Å². The highest BCUT2D eigenvalue weighted by Crippen LogP contribution is 2.51. The molecular weight excluding hydrogens is 507 g/mol. The van der Waals surface area contributed by atoms with Gasteiger partial charge in [-0.05, 0) is 67.3 Å². The lowest BCUT2D eigenvalue weighted by molar-refractivity contribution is -0.141. The molecular formula is C30H36F3N3O3. The normalized spacial score (nSPS) is 20.8. The first-order valence-electron chi connectivity index (χ1n) is 14.0. The fourth-order valence-electron chi connectivity index (χ4n) is 6.39. The van der Waals surface area contributed by atoms with Gasteiger partial charge in [0.1, 0.15) is 18.1 Å². The standard InChI is InChI=1S/C30H36F3N3O3/c31-30(32,33)20-34-28(38)29(24-10-3-1-8-22(24)23-9-2-4-11-25(23)29)15-5-6-16-36-17-13-21(14-18-36)35-27(37)26-12-7-19-39-26/h1-4,8-11,21,26H,5-7,12-20H2,(H,34,38)(H,35,37). The van der Waals surface area contributed by atoms with Gasteiger partial charge in [-0.2, -0.15) is 13.2 Å². The molecule has 0 radical (unpaired) electrons. The summed E-state index contributed by atoms with van der Waals surface area (Å²) >= 11 is 0. The summed E-state index contributed by atoms with van der Waals surface area (Å²) < 4.78 is 44.7. The van der Waals surface area contributed by atoms with Crippen molar-refractivity contribution in [1.29, 1.82) is 0 Å². The van der Waals surface area contributed by atoms with Crippen LogP contribution in [0.25, 0.3) is 11.1 Å². The number of rotatable bonds is 9. The molecule has 2 heterocycles. The predicted octanol–water partition coefficient (Wildman–Crippen LogP) is 4.56. The molecule has 2 aromatic rings. The average molecular weight is 544 g/mol. The van der Waals surface area contributed by atoms with E-state index < -0.39 is 24.0 Å². The quantitative estimate of drug-likeness (QED) is 0.455. The number of piperidine rings is 1. The molecule has 0 spiro atoms. The summed E-state index contributed by atoms with van der Waals surface area (Å²) in [6, 6.07) is 15.3. The van der Waals surface area contributed by atoms with E-state index in [4.69, 9.17) is 4.74 Å². The number of alkyl halides is 3. The van der Waals surface area contributed by atoms with Gasteiger partial charge in [0.05, 0.1) is 0 Å². The molecule has 2 aliphatic heterocycles. The Morgan fingerprint density at radius 1 is 0.949 bits per heavy atom. The Kier molecular flexibility index (Phi) is 8.28. The Hall–Kier alpha value is -2.91. The first kappa shape index (κ1) is 27.6. The lowest BCUT2D eigenvalue weighted by Crippen LogP contribution is -2.48. The lowest BCUT2D eigenvalue weighted by Gasteiger charge is -2.34. The second-order valence-electron chi connectivity index (χ2n) is 10.9. The number of ether oxygens (including phenoxy) is 1. The molecule has 2 amide bonds. The van der Waals surface area contributed by atoms with Crippen LogP contribution in [0.1, 0.15) is 56.1 Å².